The van der Waals surface area contributed by atoms with E-state index in [9.17, 15) is 4.79 Å². The number of aryl methyl sites for hydroxylation is 3. The Morgan fingerprint density at radius 3 is 2.52 bits per heavy atom. The van der Waals surface area contributed by atoms with Crippen molar-refractivity contribution in [3.05, 3.63) is 87.3 Å². The molecule has 6 heteroatoms. The van der Waals surface area contributed by atoms with Crippen molar-refractivity contribution in [2.24, 2.45) is 4.99 Å². The zero-order valence-electron chi connectivity index (χ0n) is 15.5. The number of nitrogens with zero attached hydrogens (tertiary/aromatic N) is 3. The first kappa shape index (κ1) is 17.0. The van der Waals surface area contributed by atoms with E-state index in [2.05, 4.69) is 41.6 Å². The second-order valence-corrected chi connectivity index (χ2v) is 6.74. The molecule has 0 fully saturated rings. The Balaban J connectivity index is 1.78. The van der Waals surface area contributed by atoms with Gasteiger partial charge in [0.1, 0.15) is 0 Å². The number of aliphatic imine (C=N–C) groups is 1. The van der Waals surface area contributed by atoms with Gasteiger partial charge in [-0.05, 0) is 49.6 Å². The Hall–Kier alpha value is -3.41. The summed E-state index contributed by atoms with van der Waals surface area (Å²) in [5, 5.41) is 6.46. The van der Waals surface area contributed by atoms with Crippen molar-refractivity contribution in [1.29, 1.82) is 0 Å². The summed E-state index contributed by atoms with van der Waals surface area (Å²) in [4.78, 5) is 21.9. The Kier molecular flexibility index (Phi) is 4.24. The highest BCUT2D eigenvalue weighted by atomic mass is 16.1. The van der Waals surface area contributed by atoms with E-state index in [0.717, 1.165) is 11.3 Å². The smallest absolute Gasteiger partial charge is 0.257 e. The van der Waals surface area contributed by atoms with E-state index in [4.69, 9.17) is 4.99 Å². The molecule has 0 spiro atoms. The molecule has 1 atom stereocenters. The lowest BCUT2D eigenvalue weighted by Gasteiger charge is -2.27. The summed E-state index contributed by atoms with van der Waals surface area (Å²) in [6.45, 7) is 5.96. The number of anilines is 2. The number of guanidine groups is 1. The predicted octanol–water partition coefficient (Wildman–Crippen LogP) is 3.61. The van der Waals surface area contributed by atoms with Crippen LogP contribution in [0.25, 0.3) is 0 Å². The molecule has 1 aliphatic rings. The first-order chi connectivity index (χ1) is 13.0. The van der Waals surface area contributed by atoms with Gasteiger partial charge in [-0.2, -0.15) is 0 Å². The minimum Gasteiger partial charge on any atom is -0.326 e. The van der Waals surface area contributed by atoms with E-state index in [1.165, 1.54) is 17.2 Å². The molecule has 2 N–H and O–H groups in total. The van der Waals surface area contributed by atoms with Crippen LogP contribution in [0.4, 0.5) is 11.6 Å². The average Bonchev–Trinajstić information content (AvgIpc) is 2.64. The van der Waals surface area contributed by atoms with Crippen LogP contribution in [0.5, 0.6) is 0 Å². The number of nitrogens with one attached hydrogen (secondary N) is 2. The van der Waals surface area contributed by atoms with Crippen LogP contribution < -0.4 is 16.2 Å². The topological polar surface area (TPSA) is 71.3 Å². The van der Waals surface area contributed by atoms with Crippen LogP contribution in [0.15, 0.2) is 64.4 Å². The fraction of sp³-hybridized carbons (Fsp3) is 0.190. The van der Waals surface area contributed by atoms with Crippen LogP contribution in [0, 0.1) is 20.8 Å². The van der Waals surface area contributed by atoms with Gasteiger partial charge in [0.15, 0.2) is 6.17 Å². The highest BCUT2D eigenvalue weighted by molar-refractivity contribution is 6.03. The molecule has 0 unspecified atom stereocenters. The summed E-state index contributed by atoms with van der Waals surface area (Å²) in [6.07, 6.45) is -0.475. The number of hydrogen-bond acceptors (Lipinski definition) is 5. The number of fused-ring (bicyclic) bond motifs is 1. The molecule has 136 valence electrons. The summed E-state index contributed by atoms with van der Waals surface area (Å²) < 4.78 is 1.58. The third-order valence-electron chi connectivity index (χ3n) is 4.67. The van der Waals surface area contributed by atoms with Crippen molar-refractivity contribution >= 4 is 17.6 Å². The van der Waals surface area contributed by atoms with Crippen molar-refractivity contribution in [3.8, 4) is 0 Å². The second-order valence-electron chi connectivity index (χ2n) is 6.74. The summed E-state index contributed by atoms with van der Waals surface area (Å²) in [7, 11) is 0. The van der Waals surface area contributed by atoms with E-state index in [-0.39, 0.29) is 5.56 Å². The van der Waals surface area contributed by atoms with E-state index in [1.54, 1.807) is 4.57 Å². The SMILES string of the molecule is Cc1cc(=O)n2c(n1)NC(Nc1ccc(C)c(C)c1)=N[C@H]2c1ccccc1. The highest BCUT2D eigenvalue weighted by Crippen LogP contribution is 2.25. The lowest BCUT2D eigenvalue weighted by molar-refractivity contribution is 0.577. The maximum absolute atomic E-state index is 12.6. The molecule has 1 aromatic heterocycles. The number of aromatic nitrogens is 2. The number of hydrogen-bond donors (Lipinski definition) is 2. The minimum absolute atomic E-state index is 0.132. The van der Waals surface area contributed by atoms with Gasteiger partial charge in [0, 0.05) is 17.4 Å². The summed E-state index contributed by atoms with van der Waals surface area (Å²) >= 11 is 0. The Morgan fingerprint density at radius 1 is 1.00 bits per heavy atom. The Morgan fingerprint density at radius 2 is 1.78 bits per heavy atom. The monoisotopic (exact) mass is 359 g/mol. The van der Waals surface area contributed by atoms with E-state index in [1.807, 2.05) is 43.3 Å². The first-order valence-electron chi connectivity index (χ1n) is 8.85. The fourth-order valence-corrected chi connectivity index (χ4v) is 3.12. The van der Waals surface area contributed by atoms with Crippen LogP contribution in [0.1, 0.15) is 28.6 Å². The van der Waals surface area contributed by atoms with Crippen LogP contribution in [-0.2, 0) is 0 Å². The summed E-state index contributed by atoms with van der Waals surface area (Å²) in [5.74, 6) is 1.04. The molecule has 0 amide bonds. The first-order valence-corrected chi connectivity index (χ1v) is 8.85. The molecule has 2 aromatic carbocycles. The standard InChI is InChI=1S/C21H21N5O/c1-13-9-10-17(11-14(13)2)23-20-24-19(16-7-5-4-6-8-16)26-18(27)12-15(3)22-21(26)25-20/h4-12,19H,1-3H3,(H2,22,23,24,25)/t19-/m1/s1. The lowest BCUT2D eigenvalue weighted by atomic mass is 10.1. The lowest BCUT2D eigenvalue weighted by Crippen LogP contribution is -2.37. The third kappa shape index (κ3) is 3.33. The molecule has 1 aliphatic heterocycles. The molecular weight excluding hydrogens is 338 g/mol. The van der Waals surface area contributed by atoms with Crippen molar-refractivity contribution in [3.63, 3.8) is 0 Å². The minimum atomic E-state index is -0.475. The van der Waals surface area contributed by atoms with Gasteiger partial charge in [-0.25, -0.2) is 9.98 Å². The zero-order chi connectivity index (χ0) is 19.0. The van der Waals surface area contributed by atoms with Gasteiger partial charge in [0.05, 0.1) is 0 Å². The van der Waals surface area contributed by atoms with Crippen molar-refractivity contribution < 1.29 is 0 Å². The van der Waals surface area contributed by atoms with Gasteiger partial charge in [0.2, 0.25) is 11.9 Å². The highest BCUT2D eigenvalue weighted by Gasteiger charge is 2.24. The van der Waals surface area contributed by atoms with Crippen LogP contribution in [0.2, 0.25) is 0 Å². The number of benzene rings is 2. The summed E-state index contributed by atoms with van der Waals surface area (Å²) in [6, 6.07) is 17.4. The molecule has 6 nitrogen and oxygen atoms in total. The van der Waals surface area contributed by atoms with Gasteiger partial charge >= 0.3 is 0 Å². The summed E-state index contributed by atoms with van der Waals surface area (Å²) in [5.41, 5.74) is 4.81. The molecule has 0 radical (unpaired) electrons. The largest absolute Gasteiger partial charge is 0.326 e. The molecule has 27 heavy (non-hydrogen) atoms. The van der Waals surface area contributed by atoms with Crippen LogP contribution in [-0.4, -0.2) is 15.5 Å². The van der Waals surface area contributed by atoms with Crippen molar-refractivity contribution in [1.82, 2.24) is 9.55 Å². The molecule has 0 aliphatic carbocycles. The van der Waals surface area contributed by atoms with Gasteiger partial charge in [-0.1, -0.05) is 36.4 Å². The Bertz CT molecular complexity index is 1090. The van der Waals surface area contributed by atoms with E-state index >= 15 is 0 Å². The van der Waals surface area contributed by atoms with Crippen LogP contribution in [0.3, 0.4) is 0 Å². The molecule has 3 aromatic rings. The molecule has 2 heterocycles. The Labute approximate surface area is 157 Å². The van der Waals surface area contributed by atoms with Gasteiger partial charge in [-0.15, -0.1) is 0 Å². The van der Waals surface area contributed by atoms with Gasteiger partial charge in [-0.3, -0.25) is 14.7 Å². The number of rotatable bonds is 2. The second kappa shape index (κ2) is 6.72. The molecular formula is C21H21N5O. The predicted molar refractivity (Wildman–Crippen MR) is 108 cm³/mol. The average molecular weight is 359 g/mol. The fourth-order valence-electron chi connectivity index (χ4n) is 3.12. The molecule has 4 rings (SSSR count). The van der Waals surface area contributed by atoms with E-state index in [0.29, 0.717) is 17.6 Å². The quantitative estimate of drug-likeness (QED) is 0.733. The van der Waals surface area contributed by atoms with Gasteiger partial charge < -0.3 is 5.32 Å². The zero-order valence-corrected chi connectivity index (χ0v) is 15.5. The normalized spacial score (nSPS) is 15.5. The molecule has 0 bridgehead atoms. The molecule has 0 saturated heterocycles. The van der Waals surface area contributed by atoms with Crippen molar-refractivity contribution in [2.45, 2.75) is 26.9 Å². The van der Waals surface area contributed by atoms with E-state index < -0.39 is 6.17 Å². The molecule has 0 saturated carbocycles. The maximum Gasteiger partial charge on any atom is 0.257 e. The van der Waals surface area contributed by atoms with Crippen LogP contribution >= 0.6 is 0 Å². The maximum atomic E-state index is 12.6. The van der Waals surface area contributed by atoms with Gasteiger partial charge in [0.25, 0.3) is 5.56 Å². The third-order valence-corrected chi connectivity index (χ3v) is 4.67. The van der Waals surface area contributed by atoms with Crippen molar-refractivity contribution in [2.75, 3.05) is 10.6 Å².